The number of rotatable bonds is 5. The molecular weight excluding hydrogens is 206 g/mol. The Labute approximate surface area is 86.1 Å². The van der Waals surface area contributed by atoms with Crippen LogP contribution in [-0.4, -0.2) is 24.4 Å². The smallest absolute Gasteiger partial charge is 0.468 e. The van der Waals surface area contributed by atoms with E-state index >= 15 is 0 Å². The molecule has 6 heteroatoms. The number of hydrogen-bond donors (Lipinski definition) is 0. The Hall–Kier alpha value is -0.905. The largest absolute Gasteiger partial charge is 0.492 e. The average molecular weight is 218 g/mol. The van der Waals surface area contributed by atoms with Gasteiger partial charge in [-0.2, -0.15) is 0 Å². The summed E-state index contributed by atoms with van der Waals surface area (Å²) < 4.78 is 42.0. The molecule has 2 rings (SSSR count). The minimum atomic E-state index is -4.74. The Kier molecular flexibility index (Phi) is 2.77. The summed E-state index contributed by atoms with van der Waals surface area (Å²) in [5.41, 5.74) is 0. The first-order chi connectivity index (χ1) is 7.04. The summed E-state index contributed by atoms with van der Waals surface area (Å²) >= 11 is 0. The second kappa shape index (κ2) is 3.92. The quantitative estimate of drug-likeness (QED) is 0.706. The fourth-order valence-electron chi connectivity index (χ4n) is 1.65. The van der Waals surface area contributed by atoms with E-state index in [-0.39, 0.29) is 12.6 Å². The van der Waals surface area contributed by atoms with Crippen molar-refractivity contribution in [1.29, 1.82) is 0 Å². The lowest BCUT2D eigenvalue weighted by molar-refractivity contribution is 0.241. The van der Waals surface area contributed by atoms with Crippen molar-refractivity contribution in [2.24, 2.45) is 0 Å². The molecule has 1 heterocycles. The van der Waals surface area contributed by atoms with Crippen LogP contribution >= 0.6 is 0 Å². The molecule has 0 saturated heterocycles. The van der Waals surface area contributed by atoms with Gasteiger partial charge in [0.25, 0.3) is 0 Å². The van der Waals surface area contributed by atoms with Crippen LogP contribution in [0.3, 0.4) is 0 Å². The number of nitrogens with zero attached hydrogens (tertiary/aromatic N) is 1. The molecule has 2 nitrogen and oxygen atoms in total. The van der Waals surface area contributed by atoms with Crippen LogP contribution in [0.4, 0.5) is 12.9 Å². The molecule has 1 aromatic heterocycles. The molecule has 0 amide bonds. The Morgan fingerprint density at radius 1 is 1.40 bits per heavy atom. The van der Waals surface area contributed by atoms with Gasteiger partial charge in [-0.3, -0.25) is 0 Å². The van der Waals surface area contributed by atoms with Crippen molar-refractivity contribution in [1.82, 2.24) is 4.90 Å². The van der Waals surface area contributed by atoms with Crippen LogP contribution < -0.4 is 0 Å². The van der Waals surface area contributed by atoms with Crippen LogP contribution in [0.2, 0.25) is 0 Å². The molecule has 1 aliphatic carbocycles. The van der Waals surface area contributed by atoms with Crippen LogP contribution in [0.1, 0.15) is 18.6 Å². The van der Waals surface area contributed by atoms with Gasteiger partial charge in [0.15, 0.2) is 0 Å². The van der Waals surface area contributed by atoms with E-state index in [1.165, 1.54) is 11.2 Å². The molecule has 0 radical (unpaired) electrons. The van der Waals surface area contributed by atoms with Gasteiger partial charge in [-0.1, -0.05) is 0 Å². The van der Waals surface area contributed by atoms with Crippen molar-refractivity contribution in [3.63, 3.8) is 0 Å². The highest BCUT2D eigenvalue weighted by atomic mass is 19.4. The van der Waals surface area contributed by atoms with Gasteiger partial charge in [0, 0.05) is 6.04 Å². The molecule has 0 unspecified atom stereocenters. The minimum Gasteiger partial charge on any atom is -0.468 e. The van der Waals surface area contributed by atoms with E-state index in [1.807, 2.05) is 0 Å². The summed E-state index contributed by atoms with van der Waals surface area (Å²) in [6, 6.07) is 3.50. The minimum absolute atomic E-state index is 0.0959. The van der Waals surface area contributed by atoms with Crippen LogP contribution in [0.25, 0.3) is 0 Å². The molecule has 0 aromatic carbocycles. The van der Waals surface area contributed by atoms with Gasteiger partial charge in [-0.05, 0) is 31.4 Å². The van der Waals surface area contributed by atoms with Crippen molar-refractivity contribution < 1.29 is 17.4 Å². The van der Waals surface area contributed by atoms with Gasteiger partial charge in [0.05, 0.1) is 12.8 Å². The van der Waals surface area contributed by atoms with E-state index in [0.717, 1.165) is 12.8 Å². The summed E-state index contributed by atoms with van der Waals surface area (Å²) in [4.78, 5) is 1.46. The third-order valence-electron chi connectivity index (χ3n) is 2.44. The monoisotopic (exact) mass is 218 g/mol. The highest BCUT2D eigenvalue weighted by Gasteiger charge is 2.35. The lowest BCUT2D eigenvalue weighted by Gasteiger charge is -2.26. The van der Waals surface area contributed by atoms with Gasteiger partial charge in [-0.15, -0.1) is 0 Å². The zero-order chi connectivity index (χ0) is 10.9. The molecule has 1 aliphatic rings. The Balaban J connectivity index is 1.95. The fraction of sp³-hybridized carbons (Fsp3) is 0.556. The normalized spacial score (nSPS) is 17.3. The molecule has 1 saturated carbocycles. The molecule has 0 spiro atoms. The van der Waals surface area contributed by atoms with Crippen molar-refractivity contribution in [2.75, 3.05) is 6.44 Å². The number of furan rings is 1. The van der Waals surface area contributed by atoms with Crippen LogP contribution in [0.5, 0.6) is 0 Å². The molecule has 1 fully saturated rings. The van der Waals surface area contributed by atoms with Crippen molar-refractivity contribution in [3.05, 3.63) is 24.2 Å². The number of halogens is 3. The summed E-state index contributed by atoms with van der Waals surface area (Å²) in [6.45, 7) is -4.48. The zero-order valence-electron chi connectivity index (χ0n) is 8.20. The molecule has 0 atom stereocenters. The molecular formula is C9H12BF3NO-. The fourth-order valence-corrected chi connectivity index (χ4v) is 1.65. The van der Waals surface area contributed by atoms with Gasteiger partial charge in [0.2, 0.25) is 0 Å². The third kappa shape index (κ3) is 3.30. The average Bonchev–Trinajstić information content (AvgIpc) is 2.83. The predicted molar refractivity (Wildman–Crippen MR) is 51.2 cm³/mol. The molecule has 0 N–H and O–H groups in total. The first-order valence-electron chi connectivity index (χ1n) is 5.02. The highest BCUT2D eigenvalue weighted by molar-refractivity contribution is 6.58. The van der Waals surface area contributed by atoms with Gasteiger partial charge in [0.1, 0.15) is 5.76 Å². The van der Waals surface area contributed by atoms with E-state index in [2.05, 4.69) is 0 Å². The summed E-state index contributed by atoms with van der Waals surface area (Å²) in [6.07, 6.45) is 2.43. The standard InChI is InChI=1S/C9H12BF3NO/c11-10(12,13)7-14(8-3-4-8)6-9-2-1-5-15-9/h1-2,5,8H,3-4,6-7H2/q-1. The molecule has 0 bridgehead atoms. The molecule has 84 valence electrons. The maximum Gasteiger partial charge on any atom is 0.492 e. The predicted octanol–water partition coefficient (Wildman–Crippen LogP) is 2.63. The maximum absolute atomic E-state index is 12.3. The van der Waals surface area contributed by atoms with E-state index in [9.17, 15) is 12.9 Å². The topological polar surface area (TPSA) is 16.4 Å². The van der Waals surface area contributed by atoms with E-state index in [4.69, 9.17) is 4.42 Å². The summed E-state index contributed by atoms with van der Waals surface area (Å²) in [5.74, 6) is 0.599. The van der Waals surface area contributed by atoms with Crippen LogP contribution in [-0.2, 0) is 6.54 Å². The third-order valence-corrected chi connectivity index (χ3v) is 2.44. The zero-order valence-corrected chi connectivity index (χ0v) is 8.20. The maximum atomic E-state index is 12.3. The summed E-state index contributed by atoms with van der Waals surface area (Å²) in [7, 11) is 0. The second-order valence-corrected chi connectivity index (χ2v) is 3.95. The van der Waals surface area contributed by atoms with E-state index < -0.39 is 13.4 Å². The van der Waals surface area contributed by atoms with E-state index in [1.54, 1.807) is 12.1 Å². The Morgan fingerprint density at radius 3 is 2.60 bits per heavy atom. The van der Waals surface area contributed by atoms with Crippen molar-refractivity contribution in [3.8, 4) is 0 Å². The Bertz CT molecular complexity index is 308. The SMILES string of the molecule is F[B-](F)(F)CN(Cc1ccco1)C1CC1. The van der Waals surface area contributed by atoms with Crippen LogP contribution in [0.15, 0.2) is 22.8 Å². The molecule has 15 heavy (non-hydrogen) atoms. The van der Waals surface area contributed by atoms with Gasteiger partial charge < -0.3 is 22.3 Å². The summed E-state index contributed by atoms with van der Waals surface area (Å²) in [5, 5.41) is 0. The lowest BCUT2D eigenvalue weighted by Crippen LogP contribution is -2.38. The molecule has 1 aromatic rings. The van der Waals surface area contributed by atoms with Crippen molar-refractivity contribution in [2.45, 2.75) is 25.4 Å². The molecule has 0 aliphatic heterocycles. The van der Waals surface area contributed by atoms with Crippen LogP contribution in [0, 0.1) is 0 Å². The van der Waals surface area contributed by atoms with E-state index in [0.29, 0.717) is 5.76 Å². The number of hydrogen-bond acceptors (Lipinski definition) is 2. The van der Waals surface area contributed by atoms with Crippen molar-refractivity contribution >= 4 is 6.98 Å². The van der Waals surface area contributed by atoms with Gasteiger partial charge >= 0.3 is 6.98 Å². The second-order valence-electron chi connectivity index (χ2n) is 3.95. The highest BCUT2D eigenvalue weighted by Crippen LogP contribution is 2.30. The Morgan fingerprint density at radius 2 is 2.13 bits per heavy atom. The lowest BCUT2D eigenvalue weighted by atomic mass is 9.91. The first kappa shape index (κ1) is 10.6. The van der Waals surface area contributed by atoms with Gasteiger partial charge in [-0.25, -0.2) is 0 Å². The first-order valence-corrected chi connectivity index (χ1v) is 5.02.